The van der Waals surface area contributed by atoms with E-state index < -0.39 is 18.4 Å². The lowest BCUT2D eigenvalue weighted by atomic mass is 10.1. The first kappa shape index (κ1) is 16.5. The van der Waals surface area contributed by atoms with Crippen molar-refractivity contribution < 1.29 is 19.3 Å². The summed E-state index contributed by atoms with van der Waals surface area (Å²) in [6.07, 6.45) is -0.316. The fourth-order valence-corrected chi connectivity index (χ4v) is 3.47. The lowest BCUT2D eigenvalue weighted by molar-refractivity contribution is -0.0629. The molecule has 0 bridgehead atoms. The minimum atomic E-state index is -0.810. The number of hydrogen-bond acceptors (Lipinski definition) is 5. The number of aliphatic hydroxyl groups excluding tert-OH is 1. The highest BCUT2D eigenvalue weighted by atomic mass is 32.1. The van der Waals surface area contributed by atoms with E-state index in [1.54, 1.807) is 18.8 Å². The number of pyridine rings is 1. The molecule has 1 aliphatic rings. The molecule has 6 heteroatoms. The Kier molecular flexibility index (Phi) is 4.79. The van der Waals surface area contributed by atoms with E-state index in [0.29, 0.717) is 11.2 Å². The molecule has 1 aliphatic heterocycles. The molecule has 124 valence electrons. The van der Waals surface area contributed by atoms with Gasteiger partial charge in [0.25, 0.3) is 0 Å². The lowest BCUT2D eigenvalue weighted by Gasteiger charge is -2.20. The van der Waals surface area contributed by atoms with Crippen molar-refractivity contribution in [1.82, 2.24) is 4.57 Å². The number of aromatic nitrogens is 1. The molecule has 0 saturated carbocycles. The molecular formula is C17H21NO4S. The fourth-order valence-electron chi connectivity index (χ4n) is 3.12. The number of benzene rings is 1. The van der Waals surface area contributed by atoms with E-state index in [9.17, 15) is 5.11 Å². The van der Waals surface area contributed by atoms with Crippen LogP contribution < -0.4 is 0 Å². The Morgan fingerprint density at radius 2 is 2.09 bits per heavy atom. The topological polar surface area (TPSA) is 52.9 Å². The summed E-state index contributed by atoms with van der Waals surface area (Å²) in [6.45, 7) is 2.40. The Labute approximate surface area is 140 Å². The molecule has 1 aromatic heterocycles. The SMILES string of the molecule is COC[C@H]1O[C@@H](n2ccc3cc(C)ccc3c2=S)C(O)C1OC. The van der Waals surface area contributed by atoms with Crippen molar-refractivity contribution in [1.29, 1.82) is 0 Å². The molecule has 2 unspecified atom stereocenters. The predicted molar refractivity (Wildman–Crippen MR) is 90.1 cm³/mol. The van der Waals surface area contributed by atoms with Crippen LogP contribution in [-0.2, 0) is 14.2 Å². The Bertz CT molecular complexity index is 760. The summed E-state index contributed by atoms with van der Waals surface area (Å²) in [5.74, 6) is 0. The van der Waals surface area contributed by atoms with Crippen LogP contribution in [0.1, 0.15) is 11.8 Å². The van der Waals surface area contributed by atoms with E-state index in [0.717, 1.165) is 10.8 Å². The van der Waals surface area contributed by atoms with E-state index in [2.05, 4.69) is 6.07 Å². The zero-order valence-electron chi connectivity index (χ0n) is 13.4. The summed E-state index contributed by atoms with van der Waals surface area (Å²) in [5.41, 5.74) is 1.18. The van der Waals surface area contributed by atoms with E-state index in [1.807, 2.05) is 31.3 Å². The summed E-state index contributed by atoms with van der Waals surface area (Å²) in [7, 11) is 3.16. The van der Waals surface area contributed by atoms with Crippen molar-refractivity contribution >= 4 is 23.0 Å². The smallest absolute Gasteiger partial charge is 0.163 e. The van der Waals surface area contributed by atoms with E-state index in [-0.39, 0.29) is 6.10 Å². The van der Waals surface area contributed by atoms with Crippen LogP contribution in [0, 0.1) is 11.6 Å². The van der Waals surface area contributed by atoms with Gasteiger partial charge < -0.3 is 23.9 Å². The molecule has 2 aromatic rings. The average Bonchev–Trinajstić information content (AvgIpc) is 2.83. The molecule has 1 fully saturated rings. The van der Waals surface area contributed by atoms with Crippen LogP contribution in [0.25, 0.3) is 10.8 Å². The van der Waals surface area contributed by atoms with Gasteiger partial charge in [-0.2, -0.15) is 0 Å². The second-order valence-electron chi connectivity index (χ2n) is 5.83. The molecule has 2 heterocycles. The summed E-state index contributed by atoms with van der Waals surface area (Å²) < 4.78 is 18.9. The van der Waals surface area contributed by atoms with Crippen molar-refractivity contribution in [3.05, 3.63) is 40.7 Å². The van der Waals surface area contributed by atoms with Gasteiger partial charge in [0.1, 0.15) is 23.0 Å². The van der Waals surface area contributed by atoms with Crippen LogP contribution in [0.2, 0.25) is 0 Å². The molecule has 4 atom stereocenters. The molecule has 0 aliphatic carbocycles. The van der Waals surface area contributed by atoms with Gasteiger partial charge in [-0.25, -0.2) is 0 Å². The number of aryl methyl sites for hydroxylation is 1. The van der Waals surface area contributed by atoms with Gasteiger partial charge in [0.15, 0.2) is 6.23 Å². The van der Waals surface area contributed by atoms with Crippen LogP contribution in [-0.4, -0.2) is 48.8 Å². The summed E-state index contributed by atoms with van der Waals surface area (Å²) in [5, 5.41) is 12.6. The van der Waals surface area contributed by atoms with Crippen molar-refractivity contribution in [2.75, 3.05) is 20.8 Å². The summed E-state index contributed by atoms with van der Waals surface area (Å²) in [4.78, 5) is 0. The second kappa shape index (κ2) is 6.67. The minimum absolute atomic E-state index is 0.333. The highest BCUT2D eigenvalue weighted by Gasteiger charge is 2.44. The van der Waals surface area contributed by atoms with Crippen molar-refractivity contribution in [2.45, 2.75) is 31.5 Å². The quantitative estimate of drug-likeness (QED) is 0.871. The van der Waals surface area contributed by atoms with Gasteiger partial charge in [0.2, 0.25) is 0 Å². The van der Waals surface area contributed by atoms with Crippen LogP contribution in [0.5, 0.6) is 0 Å². The van der Waals surface area contributed by atoms with Crippen LogP contribution in [0.15, 0.2) is 30.5 Å². The number of hydrogen-bond donors (Lipinski definition) is 1. The maximum Gasteiger partial charge on any atom is 0.163 e. The Balaban J connectivity index is 2.01. The summed E-state index contributed by atoms with van der Waals surface area (Å²) in [6, 6.07) is 8.11. The third kappa shape index (κ3) is 2.93. The van der Waals surface area contributed by atoms with E-state index in [1.165, 1.54) is 5.56 Å². The molecule has 5 nitrogen and oxygen atoms in total. The monoisotopic (exact) mass is 335 g/mol. The molecule has 0 radical (unpaired) electrons. The molecule has 23 heavy (non-hydrogen) atoms. The van der Waals surface area contributed by atoms with E-state index in [4.69, 9.17) is 26.4 Å². The first-order chi connectivity index (χ1) is 11.1. The van der Waals surface area contributed by atoms with Crippen LogP contribution >= 0.6 is 12.2 Å². The number of ether oxygens (including phenoxy) is 3. The molecule has 0 spiro atoms. The normalized spacial score (nSPS) is 27.7. The number of fused-ring (bicyclic) bond motifs is 1. The highest BCUT2D eigenvalue weighted by molar-refractivity contribution is 7.71. The molecule has 3 rings (SSSR count). The van der Waals surface area contributed by atoms with Gasteiger partial charge in [-0.1, -0.05) is 36.0 Å². The van der Waals surface area contributed by atoms with Crippen LogP contribution in [0.3, 0.4) is 0 Å². The van der Waals surface area contributed by atoms with Gasteiger partial charge in [-0.05, 0) is 18.4 Å². The van der Waals surface area contributed by atoms with Gasteiger partial charge >= 0.3 is 0 Å². The van der Waals surface area contributed by atoms with Crippen LogP contribution in [0.4, 0.5) is 0 Å². The van der Waals surface area contributed by atoms with Gasteiger partial charge in [0, 0.05) is 25.8 Å². The third-order valence-electron chi connectivity index (χ3n) is 4.27. The van der Waals surface area contributed by atoms with Gasteiger partial charge in [-0.3, -0.25) is 0 Å². The molecular weight excluding hydrogens is 314 g/mol. The molecule has 1 N–H and O–H groups in total. The number of aliphatic hydroxyl groups is 1. The molecule has 1 saturated heterocycles. The molecule has 0 amide bonds. The zero-order chi connectivity index (χ0) is 16.6. The van der Waals surface area contributed by atoms with Crippen molar-refractivity contribution in [2.24, 2.45) is 0 Å². The zero-order valence-corrected chi connectivity index (χ0v) is 14.2. The Hall–Kier alpha value is -1.31. The number of nitrogens with zero attached hydrogens (tertiary/aromatic N) is 1. The maximum atomic E-state index is 10.6. The average molecular weight is 335 g/mol. The first-order valence-electron chi connectivity index (χ1n) is 7.53. The van der Waals surface area contributed by atoms with Crippen molar-refractivity contribution in [3.63, 3.8) is 0 Å². The van der Waals surface area contributed by atoms with E-state index >= 15 is 0 Å². The summed E-state index contributed by atoms with van der Waals surface area (Å²) >= 11 is 5.60. The predicted octanol–water partition coefficient (Wildman–Crippen LogP) is 2.60. The Morgan fingerprint density at radius 1 is 1.30 bits per heavy atom. The van der Waals surface area contributed by atoms with Gasteiger partial charge in [-0.15, -0.1) is 0 Å². The lowest BCUT2D eigenvalue weighted by Crippen LogP contribution is -2.35. The second-order valence-corrected chi connectivity index (χ2v) is 6.22. The minimum Gasteiger partial charge on any atom is -0.386 e. The number of methoxy groups -OCH3 is 2. The fraction of sp³-hybridized carbons (Fsp3) is 0.471. The van der Waals surface area contributed by atoms with Gasteiger partial charge in [0.05, 0.1) is 6.61 Å². The molecule has 1 aromatic carbocycles. The number of rotatable bonds is 4. The first-order valence-corrected chi connectivity index (χ1v) is 7.94. The Morgan fingerprint density at radius 3 is 2.78 bits per heavy atom. The largest absolute Gasteiger partial charge is 0.386 e. The maximum absolute atomic E-state index is 10.6. The van der Waals surface area contributed by atoms with Crippen molar-refractivity contribution in [3.8, 4) is 0 Å². The highest BCUT2D eigenvalue weighted by Crippen LogP contribution is 2.32. The third-order valence-corrected chi connectivity index (χ3v) is 4.70. The standard InChI is InChI=1S/C17H21NO4S/c1-10-4-5-12-11(8-10)6-7-18(17(12)23)16-14(19)15(21-3)13(22-16)9-20-2/h4-8,13-16,19H,9H2,1-3H3/t13-,14?,15?,16-/m1/s1.